The number of hydrogen-bond acceptors (Lipinski definition) is 5. The van der Waals surface area contributed by atoms with Crippen LogP contribution in [-0.2, 0) is 8.37 Å². The molecule has 36 valence electrons. The Morgan fingerprint density at radius 3 is 1.67 bits per heavy atom. The van der Waals surface area contributed by atoms with E-state index in [2.05, 4.69) is 34.2 Å². The molecule has 0 bridgehead atoms. The summed E-state index contributed by atoms with van der Waals surface area (Å²) in [6, 6.07) is 0. The predicted octanol–water partition coefficient (Wildman–Crippen LogP) is 0.829. The molecule has 3 nitrogen and oxygen atoms in total. The van der Waals surface area contributed by atoms with Gasteiger partial charge < -0.3 is 8.37 Å². The molecule has 0 aliphatic heterocycles. The third kappa shape index (κ3) is 2.22. The molecule has 0 atom stereocenters. The zero-order chi connectivity index (χ0) is 4.99. The first-order chi connectivity index (χ1) is 2.81. The summed E-state index contributed by atoms with van der Waals surface area (Å²) in [4.78, 5) is 9.58. The number of carbonyl (C=O) groups excluding carboxylic acids is 1. The lowest BCUT2D eigenvalue weighted by Crippen LogP contribution is -1.89. The van der Waals surface area contributed by atoms with Crippen molar-refractivity contribution in [2.75, 3.05) is 0 Å². The van der Waals surface area contributed by atoms with E-state index in [9.17, 15) is 4.79 Å². The highest BCUT2D eigenvalue weighted by atomic mass is 32.1. The molecule has 0 aromatic heterocycles. The lowest BCUT2D eigenvalue weighted by Gasteiger charge is -1.85. The molecular formula is CH2O3S2. The molecule has 0 spiro atoms. The van der Waals surface area contributed by atoms with Crippen molar-refractivity contribution in [3.8, 4) is 0 Å². The fourth-order valence-electron chi connectivity index (χ4n) is 0.0167. The number of carbonyl (C=O) groups is 1. The van der Waals surface area contributed by atoms with E-state index in [1.165, 1.54) is 0 Å². The molecule has 0 N–H and O–H groups in total. The molecule has 6 heavy (non-hydrogen) atoms. The van der Waals surface area contributed by atoms with E-state index < -0.39 is 6.16 Å². The lowest BCUT2D eigenvalue weighted by molar-refractivity contribution is 0.171. The Hall–Kier alpha value is -0.0300. The lowest BCUT2D eigenvalue weighted by atomic mass is 11.5. The molecule has 0 saturated heterocycles. The van der Waals surface area contributed by atoms with Crippen LogP contribution in [0.25, 0.3) is 0 Å². The van der Waals surface area contributed by atoms with Crippen LogP contribution in [-0.4, -0.2) is 6.16 Å². The van der Waals surface area contributed by atoms with Gasteiger partial charge in [0.05, 0.1) is 0 Å². The van der Waals surface area contributed by atoms with E-state index in [0.29, 0.717) is 0 Å². The van der Waals surface area contributed by atoms with Crippen LogP contribution in [0.15, 0.2) is 0 Å². The van der Waals surface area contributed by atoms with Crippen LogP contribution in [0.1, 0.15) is 0 Å². The van der Waals surface area contributed by atoms with Crippen LogP contribution >= 0.6 is 25.8 Å². The molecule has 0 amide bonds. The molecule has 0 rings (SSSR count). The first kappa shape index (κ1) is 5.97. The summed E-state index contributed by atoms with van der Waals surface area (Å²) in [6.07, 6.45) is -0.929. The van der Waals surface area contributed by atoms with Crippen LogP contribution in [0.5, 0.6) is 0 Å². The topological polar surface area (TPSA) is 35.5 Å². The van der Waals surface area contributed by atoms with Gasteiger partial charge in [-0.15, -0.1) is 0 Å². The van der Waals surface area contributed by atoms with Gasteiger partial charge in [-0.2, -0.15) is 0 Å². The summed E-state index contributed by atoms with van der Waals surface area (Å²) in [5.41, 5.74) is 0. The molecule has 0 aromatic rings. The van der Waals surface area contributed by atoms with Crippen LogP contribution in [0.4, 0.5) is 4.79 Å². The minimum Gasteiger partial charge on any atom is -0.362 e. The van der Waals surface area contributed by atoms with Crippen LogP contribution in [0, 0.1) is 0 Å². The smallest absolute Gasteiger partial charge is 0.362 e. The maximum absolute atomic E-state index is 9.58. The van der Waals surface area contributed by atoms with E-state index in [-0.39, 0.29) is 0 Å². The van der Waals surface area contributed by atoms with Crippen molar-refractivity contribution >= 4 is 32.0 Å². The van der Waals surface area contributed by atoms with Crippen molar-refractivity contribution in [3.63, 3.8) is 0 Å². The maximum atomic E-state index is 9.58. The highest BCUT2D eigenvalue weighted by Gasteiger charge is 1.92. The van der Waals surface area contributed by atoms with Crippen LogP contribution in [0.3, 0.4) is 0 Å². The fraction of sp³-hybridized carbons (Fsp3) is 0. The van der Waals surface area contributed by atoms with Gasteiger partial charge in [0, 0.05) is 25.8 Å². The third-order valence-electron chi connectivity index (χ3n) is 0.149. The molecule has 0 saturated carbocycles. The van der Waals surface area contributed by atoms with Gasteiger partial charge in [0.2, 0.25) is 0 Å². The molecule has 0 aromatic carbocycles. The van der Waals surface area contributed by atoms with Gasteiger partial charge in [-0.1, -0.05) is 0 Å². The summed E-state index contributed by atoms with van der Waals surface area (Å²) < 4.78 is 7.31. The second-order valence-electron chi connectivity index (χ2n) is 0.433. The van der Waals surface area contributed by atoms with Gasteiger partial charge in [-0.05, 0) is 0 Å². The zero-order valence-electron chi connectivity index (χ0n) is 2.62. The first-order valence-electron chi connectivity index (χ1n) is 0.978. The first-order valence-corrected chi connectivity index (χ1v) is 1.71. The average Bonchev–Trinajstić information content (AvgIpc) is 1.65. The summed E-state index contributed by atoms with van der Waals surface area (Å²) in [5, 5.41) is 0. The predicted molar refractivity (Wildman–Crippen MR) is 25.5 cm³/mol. The van der Waals surface area contributed by atoms with Crippen molar-refractivity contribution in [1.82, 2.24) is 0 Å². The summed E-state index contributed by atoms with van der Waals surface area (Å²) in [7, 11) is 0. The molecular weight excluding hydrogens is 124 g/mol. The van der Waals surface area contributed by atoms with E-state index in [1.807, 2.05) is 0 Å². The van der Waals surface area contributed by atoms with E-state index in [0.717, 1.165) is 0 Å². The molecule has 0 unspecified atom stereocenters. The molecule has 0 heterocycles. The molecule has 0 radical (unpaired) electrons. The molecule has 0 fully saturated rings. The monoisotopic (exact) mass is 126 g/mol. The van der Waals surface area contributed by atoms with Gasteiger partial charge in [0.15, 0.2) is 0 Å². The Morgan fingerprint density at radius 1 is 1.33 bits per heavy atom. The summed E-state index contributed by atoms with van der Waals surface area (Å²) >= 11 is 6.14. The van der Waals surface area contributed by atoms with E-state index in [1.54, 1.807) is 0 Å². The Kier molecular flexibility index (Phi) is 3.16. The molecule has 5 heteroatoms. The largest absolute Gasteiger partial charge is 0.532 e. The van der Waals surface area contributed by atoms with Crippen molar-refractivity contribution in [2.24, 2.45) is 0 Å². The van der Waals surface area contributed by atoms with Crippen LogP contribution < -0.4 is 0 Å². The van der Waals surface area contributed by atoms with Crippen LogP contribution in [0.2, 0.25) is 0 Å². The SMILES string of the molecule is O=C(OS)OS. The van der Waals surface area contributed by atoms with Crippen molar-refractivity contribution in [1.29, 1.82) is 0 Å². The molecule has 0 aliphatic carbocycles. The fourth-order valence-corrected chi connectivity index (χ4v) is 0.150. The number of hydrogen-bond donors (Lipinski definition) is 2. The Bertz CT molecular complexity index is 46.8. The van der Waals surface area contributed by atoms with Crippen molar-refractivity contribution in [3.05, 3.63) is 0 Å². The summed E-state index contributed by atoms with van der Waals surface area (Å²) in [5.74, 6) is 0. The summed E-state index contributed by atoms with van der Waals surface area (Å²) in [6.45, 7) is 0. The highest BCUT2D eigenvalue weighted by Crippen LogP contribution is 1.87. The number of thiol groups is 2. The van der Waals surface area contributed by atoms with E-state index in [4.69, 9.17) is 0 Å². The normalized spacial score (nSPS) is 7.00. The average molecular weight is 126 g/mol. The number of rotatable bonds is 0. The van der Waals surface area contributed by atoms with Crippen molar-refractivity contribution in [2.45, 2.75) is 0 Å². The Labute approximate surface area is 45.9 Å². The highest BCUT2D eigenvalue weighted by molar-refractivity contribution is 7.76. The second-order valence-corrected chi connectivity index (χ2v) is 0.798. The van der Waals surface area contributed by atoms with E-state index >= 15 is 0 Å². The molecule has 0 aliphatic rings. The van der Waals surface area contributed by atoms with Gasteiger partial charge in [-0.25, -0.2) is 4.79 Å². The Balaban J connectivity index is 2.99. The maximum Gasteiger partial charge on any atom is 0.532 e. The third-order valence-corrected chi connectivity index (χ3v) is 0.447. The van der Waals surface area contributed by atoms with Gasteiger partial charge in [0.25, 0.3) is 0 Å². The minimum absolute atomic E-state index is 0.929. The van der Waals surface area contributed by atoms with Gasteiger partial charge in [-0.3, -0.25) is 0 Å². The van der Waals surface area contributed by atoms with Crippen molar-refractivity contribution < 1.29 is 13.2 Å². The van der Waals surface area contributed by atoms with Gasteiger partial charge >= 0.3 is 6.16 Å². The standard InChI is InChI=1S/CH2O3S2/c2-1(3-5)4-6/h5-6H. The zero-order valence-corrected chi connectivity index (χ0v) is 4.41. The second kappa shape index (κ2) is 3.17. The van der Waals surface area contributed by atoms with Gasteiger partial charge in [0.1, 0.15) is 0 Å². The Morgan fingerprint density at radius 2 is 1.67 bits per heavy atom. The quantitative estimate of drug-likeness (QED) is 0.373. The minimum atomic E-state index is -0.929.